The number of rotatable bonds is 6. The third-order valence-corrected chi connectivity index (χ3v) is 2.88. The molecule has 1 aromatic carbocycles. The van der Waals surface area contributed by atoms with Crippen molar-refractivity contribution in [3.05, 3.63) is 28.7 Å². The van der Waals surface area contributed by atoms with E-state index in [9.17, 15) is 0 Å². The van der Waals surface area contributed by atoms with E-state index in [1.807, 2.05) is 12.1 Å². The van der Waals surface area contributed by atoms with Crippen LogP contribution in [0.25, 0.3) is 0 Å². The number of benzene rings is 1. The molecule has 3 heteroatoms. The third kappa shape index (κ3) is 5.19. The molecular formula is C12H19BrN2. The molecule has 2 nitrogen and oxygen atoms in total. The van der Waals surface area contributed by atoms with Crippen LogP contribution in [0.15, 0.2) is 28.7 Å². The fourth-order valence-electron chi connectivity index (χ4n) is 1.27. The molecule has 0 aromatic heterocycles. The van der Waals surface area contributed by atoms with Crippen LogP contribution in [-0.2, 0) is 0 Å². The molecular weight excluding hydrogens is 252 g/mol. The summed E-state index contributed by atoms with van der Waals surface area (Å²) in [6.07, 6.45) is 1.18. The molecule has 1 aromatic rings. The quantitative estimate of drug-likeness (QED) is 0.776. The van der Waals surface area contributed by atoms with Crippen LogP contribution in [0.2, 0.25) is 0 Å². The van der Waals surface area contributed by atoms with Crippen LogP contribution >= 0.6 is 15.9 Å². The molecule has 0 spiro atoms. The predicted molar refractivity (Wildman–Crippen MR) is 70.4 cm³/mol. The fourth-order valence-corrected chi connectivity index (χ4v) is 1.67. The first-order valence-electron chi connectivity index (χ1n) is 5.45. The van der Waals surface area contributed by atoms with Gasteiger partial charge in [-0.2, -0.15) is 0 Å². The lowest BCUT2D eigenvalue weighted by Crippen LogP contribution is -2.30. The van der Waals surface area contributed by atoms with Gasteiger partial charge in [-0.05, 0) is 31.5 Å². The molecule has 15 heavy (non-hydrogen) atoms. The third-order valence-electron chi connectivity index (χ3n) is 2.38. The second-order valence-corrected chi connectivity index (χ2v) is 4.62. The molecule has 0 bridgehead atoms. The van der Waals surface area contributed by atoms with Crippen LogP contribution in [0.4, 0.5) is 5.69 Å². The molecule has 0 aliphatic heterocycles. The Bertz CT molecular complexity index is 289. The van der Waals surface area contributed by atoms with Gasteiger partial charge in [0, 0.05) is 29.3 Å². The second-order valence-electron chi connectivity index (χ2n) is 3.70. The Labute approximate surface area is 101 Å². The summed E-state index contributed by atoms with van der Waals surface area (Å²) in [7, 11) is 0. The minimum absolute atomic E-state index is 0.606. The largest absolute Gasteiger partial charge is 0.384 e. The molecule has 84 valence electrons. The fraction of sp³-hybridized carbons (Fsp3) is 0.500. The van der Waals surface area contributed by atoms with Gasteiger partial charge < -0.3 is 10.6 Å². The maximum Gasteiger partial charge on any atom is 0.0351 e. The van der Waals surface area contributed by atoms with E-state index < -0.39 is 0 Å². The molecule has 0 aliphatic rings. The first-order valence-corrected chi connectivity index (χ1v) is 6.24. The van der Waals surface area contributed by atoms with Gasteiger partial charge in [-0.15, -0.1) is 0 Å². The number of hydrogen-bond donors (Lipinski definition) is 2. The average Bonchev–Trinajstić information content (AvgIpc) is 2.24. The standard InChI is InChI=1S/C12H19BrN2/c1-3-10(2)14-7-8-15-12-6-4-5-11(13)9-12/h4-6,9-10,14-15H,3,7-8H2,1-2H3. The second kappa shape index (κ2) is 6.85. The van der Waals surface area contributed by atoms with E-state index in [0.29, 0.717) is 6.04 Å². The summed E-state index contributed by atoms with van der Waals surface area (Å²) in [6.45, 7) is 6.36. The van der Waals surface area contributed by atoms with Crippen molar-refractivity contribution >= 4 is 21.6 Å². The van der Waals surface area contributed by atoms with E-state index in [-0.39, 0.29) is 0 Å². The highest BCUT2D eigenvalue weighted by Gasteiger charge is 1.96. The Hall–Kier alpha value is -0.540. The molecule has 1 rings (SSSR count). The lowest BCUT2D eigenvalue weighted by Gasteiger charge is -2.12. The van der Waals surface area contributed by atoms with E-state index in [2.05, 4.69) is 52.5 Å². The maximum atomic E-state index is 3.45. The van der Waals surface area contributed by atoms with E-state index in [1.54, 1.807) is 0 Å². The number of nitrogens with one attached hydrogen (secondary N) is 2. The van der Waals surface area contributed by atoms with Crippen LogP contribution in [-0.4, -0.2) is 19.1 Å². The van der Waals surface area contributed by atoms with E-state index in [4.69, 9.17) is 0 Å². The van der Waals surface area contributed by atoms with Crippen molar-refractivity contribution in [1.82, 2.24) is 5.32 Å². The van der Waals surface area contributed by atoms with Crippen molar-refractivity contribution in [3.8, 4) is 0 Å². The number of anilines is 1. The van der Waals surface area contributed by atoms with Gasteiger partial charge in [-0.1, -0.05) is 28.9 Å². The Morgan fingerprint density at radius 1 is 1.33 bits per heavy atom. The van der Waals surface area contributed by atoms with E-state index in [0.717, 1.165) is 23.2 Å². The minimum Gasteiger partial charge on any atom is -0.384 e. The summed E-state index contributed by atoms with van der Waals surface area (Å²) in [4.78, 5) is 0. The zero-order valence-corrected chi connectivity index (χ0v) is 11.0. The molecule has 1 atom stereocenters. The molecule has 0 amide bonds. The molecule has 2 N–H and O–H groups in total. The van der Waals surface area contributed by atoms with Crippen LogP contribution in [0.1, 0.15) is 20.3 Å². The van der Waals surface area contributed by atoms with E-state index >= 15 is 0 Å². The van der Waals surface area contributed by atoms with Crippen molar-refractivity contribution in [3.63, 3.8) is 0 Å². The van der Waals surface area contributed by atoms with Crippen LogP contribution in [0.3, 0.4) is 0 Å². The van der Waals surface area contributed by atoms with Gasteiger partial charge in [-0.25, -0.2) is 0 Å². The molecule has 1 unspecified atom stereocenters. The number of halogens is 1. The monoisotopic (exact) mass is 270 g/mol. The molecule has 0 heterocycles. The van der Waals surface area contributed by atoms with Crippen molar-refractivity contribution in [2.45, 2.75) is 26.3 Å². The molecule has 0 fully saturated rings. The average molecular weight is 271 g/mol. The SMILES string of the molecule is CCC(C)NCCNc1cccc(Br)c1. The summed E-state index contributed by atoms with van der Waals surface area (Å²) in [5.74, 6) is 0. The Morgan fingerprint density at radius 2 is 2.13 bits per heavy atom. The predicted octanol–water partition coefficient (Wildman–Crippen LogP) is 3.25. The number of hydrogen-bond acceptors (Lipinski definition) is 2. The minimum atomic E-state index is 0.606. The lowest BCUT2D eigenvalue weighted by molar-refractivity contribution is 0.546. The maximum absolute atomic E-state index is 3.45. The van der Waals surface area contributed by atoms with Crippen LogP contribution in [0.5, 0.6) is 0 Å². The topological polar surface area (TPSA) is 24.1 Å². The normalized spacial score (nSPS) is 12.5. The first kappa shape index (κ1) is 12.5. The van der Waals surface area contributed by atoms with Crippen molar-refractivity contribution < 1.29 is 0 Å². The smallest absolute Gasteiger partial charge is 0.0351 e. The van der Waals surface area contributed by atoms with Crippen molar-refractivity contribution in [1.29, 1.82) is 0 Å². The Morgan fingerprint density at radius 3 is 2.80 bits per heavy atom. The van der Waals surface area contributed by atoms with Crippen LogP contribution in [0, 0.1) is 0 Å². The summed E-state index contributed by atoms with van der Waals surface area (Å²) >= 11 is 3.45. The van der Waals surface area contributed by atoms with Gasteiger partial charge in [0.2, 0.25) is 0 Å². The van der Waals surface area contributed by atoms with Gasteiger partial charge in [0.05, 0.1) is 0 Å². The molecule has 0 saturated heterocycles. The molecule has 0 aliphatic carbocycles. The van der Waals surface area contributed by atoms with Crippen molar-refractivity contribution in [2.24, 2.45) is 0 Å². The lowest BCUT2D eigenvalue weighted by atomic mass is 10.2. The van der Waals surface area contributed by atoms with Crippen molar-refractivity contribution in [2.75, 3.05) is 18.4 Å². The highest BCUT2D eigenvalue weighted by Crippen LogP contribution is 2.14. The van der Waals surface area contributed by atoms with Crippen LogP contribution < -0.4 is 10.6 Å². The highest BCUT2D eigenvalue weighted by atomic mass is 79.9. The molecule has 0 radical (unpaired) electrons. The van der Waals surface area contributed by atoms with Gasteiger partial charge >= 0.3 is 0 Å². The Balaban J connectivity index is 2.20. The summed E-state index contributed by atoms with van der Waals surface area (Å²) in [5, 5.41) is 6.82. The summed E-state index contributed by atoms with van der Waals surface area (Å²) in [6, 6.07) is 8.84. The van der Waals surface area contributed by atoms with Gasteiger partial charge in [-0.3, -0.25) is 0 Å². The van der Waals surface area contributed by atoms with Gasteiger partial charge in [0.1, 0.15) is 0 Å². The zero-order chi connectivity index (χ0) is 11.1. The molecule has 0 saturated carbocycles. The highest BCUT2D eigenvalue weighted by molar-refractivity contribution is 9.10. The van der Waals surface area contributed by atoms with E-state index in [1.165, 1.54) is 6.42 Å². The Kier molecular flexibility index (Phi) is 5.73. The summed E-state index contributed by atoms with van der Waals surface area (Å²) in [5.41, 5.74) is 1.16. The van der Waals surface area contributed by atoms with Gasteiger partial charge in [0.15, 0.2) is 0 Å². The first-order chi connectivity index (χ1) is 7.22. The summed E-state index contributed by atoms with van der Waals surface area (Å²) < 4.78 is 1.11. The van der Waals surface area contributed by atoms with Gasteiger partial charge in [0.25, 0.3) is 0 Å². The zero-order valence-electron chi connectivity index (χ0n) is 9.39.